The fourth-order valence-electron chi connectivity index (χ4n) is 0.511. The number of hydrogen-bond acceptors (Lipinski definition) is 4. The highest BCUT2D eigenvalue weighted by Crippen LogP contribution is 2.61. The van der Waals surface area contributed by atoms with Crippen LogP contribution in [0.2, 0.25) is 0 Å². The molecule has 0 atom stereocenters. The number of anilines is 2. The zero-order valence-electron chi connectivity index (χ0n) is 8.26. The van der Waals surface area contributed by atoms with E-state index in [1.165, 1.54) is 0 Å². The summed E-state index contributed by atoms with van der Waals surface area (Å²) in [5.74, 6) is 0. The number of carboxylic acid groups (broad SMARTS) is 2. The van der Waals surface area contributed by atoms with Gasteiger partial charge in [0.25, 0.3) is 0 Å². The van der Waals surface area contributed by atoms with E-state index in [1.807, 2.05) is 12.1 Å². The maximum atomic E-state index is 9.51. The molecule has 0 aromatic heterocycles. The standard InChI is InChI=1S/C6H8N2.CH2O3.Cl3OP/c7-5-3-1-2-4-6(5)8;2-1(3)4;1-5(2,3)4/h1-4H,7-8H2;(H2,2,3,4);. The summed E-state index contributed by atoms with van der Waals surface area (Å²) in [6, 6.07) is 7.25. The lowest BCUT2D eigenvalue weighted by atomic mass is 10.3. The van der Waals surface area contributed by atoms with Crippen LogP contribution < -0.4 is 11.5 Å². The summed E-state index contributed by atoms with van der Waals surface area (Å²) in [5, 5.41) is 10.7. The first-order chi connectivity index (χ1) is 7.54. The molecule has 6 nitrogen and oxygen atoms in total. The van der Waals surface area contributed by atoms with Gasteiger partial charge in [-0.15, -0.1) is 0 Å². The Bertz CT molecular complexity index is 365. The molecule has 0 saturated carbocycles. The molecule has 0 fully saturated rings. The first-order valence-electron chi connectivity index (χ1n) is 3.75. The predicted molar refractivity (Wildman–Crippen MR) is 71.1 cm³/mol. The van der Waals surface area contributed by atoms with Crippen LogP contribution in [0.1, 0.15) is 0 Å². The van der Waals surface area contributed by atoms with Gasteiger partial charge in [-0.2, -0.15) is 0 Å². The van der Waals surface area contributed by atoms with Crippen LogP contribution in [0.25, 0.3) is 0 Å². The highest BCUT2D eigenvalue weighted by molar-refractivity contribution is 8.24. The quantitative estimate of drug-likeness (QED) is 0.424. The summed E-state index contributed by atoms with van der Waals surface area (Å²) in [4.78, 5) is 8.56. The topological polar surface area (TPSA) is 127 Å². The highest BCUT2D eigenvalue weighted by atomic mass is 36.0. The molecule has 6 N–H and O–H groups in total. The molecule has 1 aromatic rings. The summed E-state index contributed by atoms with van der Waals surface area (Å²) in [6.45, 7) is 0. The monoisotopic (exact) mass is 322 g/mol. The molecule has 0 aliphatic carbocycles. The summed E-state index contributed by atoms with van der Waals surface area (Å²) in [5.41, 5.74) is 12.1. The van der Waals surface area contributed by atoms with Gasteiger partial charge in [0.15, 0.2) is 0 Å². The zero-order valence-corrected chi connectivity index (χ0v) is 11.4. The lowest BCUT2D eigenvalue weighted by Gasteiger charge is -1.94. The van der Waals surface area contributed by atoms with Crippen LogP contribution in [-0.4, -0.2) is 16.4 Å². The second-order valence-electron chi connectivity index (χ2n) is 2.31. The average molecular weight is 324 g/mol. The molecule has 0 heterocycles. The molecule has 98 valence electrons. The van der Waals surface area contributed by atoms with Crippen molar-refractivity contribution >= 4 is 56.5 Å². The number of halogens is 3. The molecule has 0 spiro atoms. The maximum Gasteiger partial charge on any atom is 0.503 e. The van der Waals surface area contributed by atoms with E-state index in [-0.39, 0.29) is 0 Å². The Labute approximate surface area is 112 Å². The third-order valence-corrected chi connectivity index (χ3v) is 0.996. The van der Waals surface area contributed by atoms with Gasteiger partial charge in [-0.25, -0.2) is 4.79 Å². The number of benzene rings is 1. The minimum Gasteiger partial charge on any atom is -0.450 e. The lowest BCUT2D eigenvalue weighted by molar-refractivity contribution is 0.137. The Balaban J connectivity index is 0. The molecule has 1 aromatic carbocycles. The van der Waals surface area contributed by atoms with Gasteiger partial charge in [0.1, 0.15) is 0 Å². The minimum absolute atomic E-state index is 0.646. The number of carbonyl (C=O) groups is 1. The number of nitrogens with two attached hydrogens (primary N) is 2. The van der Waals surface area contributed by atoms with Gasteiger partial charge in [0, 0.05) is 0 Å². The number of hydrogen-bond donors (Lipinski definition) is 4. The summed E-state index contributed by atoms with van der Waals surface area (Å²) in [6.07, 6.45) is -1.83. The first kappa shape index (κ1) is 18.6. The minimum atomic E-state index is -3.22. The zero-order chi connectivity index (χ0) is 14.1. The lowest BCUT2D eigenvalue weighted by Crippen LogP contribution is -1.91. The molecule has 0 saturated heterocycles. The average Bonchev–Trinajstić information content (AvgIpc) is 2.06. The second-order valence-corrected chi connectivity index (χ2v) is 8.95. The van der Waals surface area contributed by atoms with Crippen molar-refractivity contribution in [3.63, 3.8) is 0 Å². The molecule has 0 unspecified atom stereocenters. The van der Waals surface area contributed by atoms with Gasteiger partial charge in [0.2, 0.25) is 0 Å². The van der Waals surface area contributed by atoms with Crippen LogP contribution in [0.3, 0.4) is 0 Å². The van der Waals surface area contributed by atoms with Gasteiger partial charge < -0.3 is 21.7 Å². The van der Waals surface area contributed by atoms with Crippen molar-refractivity contribution < 1.29 is 19.6 Å². The van der Waals surface area contributed by atoms with Gasteiger partial charge in [0.05, 0.1) is 11.4 Å². The van der Waals surface area contributed by atoms with E-state index >= 15 is 0 Å². The second kappa shape index (κ2) is 9.24. The van der Waals surface area contributed by atoms with Crippen LogP contribution in [0.15, 0.2) is 24.3 Å². The molecule has 0 amide bonds. The van der Waals surface area contributed by atoms with Gasteiger partial charge >= 0.3 is 11.4 Å². The Kier molecular flexibility index (Phi) is 10.1. The molecule has 0 aliphatic heterocycles. The molecule has 0 bridgehead atoms. The van der Waals surface area contributed by atoms with Crippen molar-refractivity contribution in [3.05, 3.63) is 24.3 Å². The van der Waals surface area contributed by atoms with E-state index in [9.17, 15) is 4.57 Å². The number of para-hydroxylation sites is 2. The Morgan fingerprint density at radius 2 is 1.24 bits per heavy atom. The van der Waals surface area contributed by atoms with Crippen molar-refractivity contribution in [2.24, 2.45) is 0 Å². The summed E-state index contributed by atoms with van der Waals surface area (Å²) >= 11 is 13.8. The highest BCUT2D eigenvalue weighted by Gasteiger charge is 2.02. The van der Waals surface area contributed by atoms with E-state index in [1.54, 1.807) is 12.1 Å². The van der Waals surface area contributed by atoms with Crippen molar-refractivity contribution in [2.75, 3.05) is 11.5 Å². The first-order valence-corrected chi connectivity index (χ1v) is 8.17. The van der Waals surface area contributed by atoms with E-state index in [4.69, 9.17) is 26.5 Å². The van der Waals surface area contributed by atoms with Gasteiger partial charge in [-0.3, -0.25) is 4.57 Å². The fraction of sp³-hybridized carbons (Fsp3) is 0. The molecular formula is C7H10Cl3N2O4P. The smallest absolute Gasteiger partial charge is 0.450 e. The number of nitrogen functional groups attached to an aromatic ring is 2. The summed E-state index contributed by atoms with van der Waals surface area (Å²) < 4.78 is 9.51. The van der Waals surface area contributed by atoms with Gasteiger partial charge in [-0.05, 0) is 45.9 Å². The van der Waals surface area contributed by atoms with Crippen LogP contribution in [0, 0.1) is 0 Å². The van der Waals surface area contributed by atoms with E-state index < -0.39 is 11.4 Å². The fourth-order valence-corrected chi connectivity index (χ4v) is 0.511. The van der Waals surface area contributed by atoms with E-state index in [0.717, 1.165) is 0 Å². The Morgan fingerprint density at radius 1 is 1.06 bits per heavy atom. The molecular weight excluding hydrogens is 313 g/mol. The van der Waals surface area contributed by atoms with Crippen molar-refractivity contribution in [3.8, 4) is 0 Å². The normalized spacial score (nSPS) is 9.12. The molecule has 10 heteroatoms. The van der Waals surface area contributed by atoms with Gasteiger partial charge in [-0.1, -0.05) is 12.1 Å². The van der Waals surface area contributed by atoms with E-state index in [0.29, 0.717) is 11.4 Å². The predicted octanol–water partition coefficient (Wildman–Crippen LogP) is 3.88. The van der Waals surface area contributed by atoms with Crippen molar-refractivity contribution in [1.29, 1.82) is 0 Å². The Morgan fingerprint density at radius 3 is 1.35 bits per heavy atom. The molecule has 17 heavy (non-hydrogen) atoms. The van der Waals surface area contributed by atoms with Crippen LogP contribution >= 0.6 is 38.9 Å². The third kappa shape index (κ3) is 25.5. The Hall–Kier alpha value is -0.810. The van der Waals surface area contributed by atoms with Crippen LogP contribution in [0.4, 0.5) is 16.2 Å². The van der Waals surface area contributed by atoms with Crippen LogP contribution in [-0.2, 0) is 4.57 Å². The molecule has 0 radical (unpaired) electrons. The summed E-state index contributed by atoms with van der Waals surface area (Å²) in [7, 11) is 0. The van der Waals surface area contributed by atoms with E-state index in [2.05, 4.69) is 33.7 Å². The molecule has 1 rings (SSSR count). The SMILES string of the molecule is Nc1ccccc1N.O=C(O)O.O=P(Cl)(Cl)Cl. The molecule has 0 aliphatic rings. The largest absolute Gasteiger partial charge is 0.503 e. The van der Waals surface area contributed by atoms with Crippen molar-refractivity contribution in [2.45, 2.75) is 0 Å². The maximum absolute atomic E-state index is 9.51. The third-order valence-electron chi connectivity index (χ3n) is 0.996. The van der Waals surface area contributed by atoms with Crippen LogP contribution in [0.5, 0.6) is 0 Å². The number of rotatable bonds is 0. The van der Waals surface area contributed by atoms with Crippen molar-refractivity contribution in [1.82, 2.24) is 0 Å².